The number of methoxy groups -OCH3 is 2. The number of aryl methyl sites for hydroxylation is 1. The van der Waals surface area contributed by atoms with Crippen molar-refractivity contribution in [2.75, 3.05) is 31.6 Å². The first-order valence-corrected chi connectivity index (χ1v) is 19.7. The molecule has 2 aromatic heterocycles. The van der Waals surface area contributed by atoms with Gasteiger partial charge < -0.3 is 23.9 Å². The Balaban J connectivity index is 1.91. The number of carbonyl (C=O) groups excluding carboxylic acids is 1. The number of anilines is 1. The maximum atomic E-state index is 14.5. The number of sulfonamides is 1. The summed E-state index contributed by atoms with van der Waals surface area (Å²) in [4.78, 5) is 26.0. The number of para-hydroxylation sites is 1. The summed E-state index contributed by atoms with van der Waals surface area (Å²) in [5.74, 6) is 0.432. The van der Waals surface area contributed by atoms with E-state index in [1.165, 1.54) is 30.3 Å². The third-order valence-corrected chi connectivity index (χ3v) is 11.5. The fraction of sp³-hybridized carbons (Fsp3) is 0.517. The summed E-state index contributed by atoms with van der Waals surface area (Å²) in [6.07, 6.45) is 0.874. The number of ether oxygens (including phenoxy) is 2. The van der Waals surface area contributed by atoms with Crippen LogP contribution >= 0.6 is 0 Å². The monoisotopic (exact) mass is 647 g/mol. The van der Waals surface area contributed by atoms with E-state index in [9.17, 15) is 23.1 Å². The van der Waals surface area contributed by atoms with E-state index in [1.807, 2.05) is 0 Å². The summed E-state index contributed by atoms with van der Waals surface area (Å²) in [7, 11) is -3.06. The molecule has 0 bridgehead atoms. The molecular weight excluding hydrogens is 606 g/mol. The van der Waals surface area contributed by atoms with Crippen LogP contribution in [0.3, 0.4) is 0 Å². The second kappa shape index (κ2) is 13.0. The SMILES string of the molecule is COc1cccc(OC)c1-n1c(-c2ccc(C)o2)nnc1N(CC[Si](C)(C)C)S(=O)(=O)C(C)CN1C(=O)CCCC1C(=O)O. The van der Waals surface area contributed by atoms with E-state index in [0.29, 0.717) is 41.2 Å². The number of carbonyl (C=O) groups is 2. The lowest BCUT2D eigenvalue weighted by Gasteiger charge is -2.36. The van der Waals surface area contributed by atoms with E-state index in [4.69, 9.17) is 13.9 Å². The minimum Gasteiger partial charge on any atom is -0.494 e. The molecule has 15 heteroatoms. The number of carboxylic acids is 1. The highest BCUT2D eigenvalue weighted by atomic mass is 32.2. The molecule has 1 aliphatic heterocycles. The Morgan fingerprint density at radius 3 is 2.36 bits per heavy atom. The molecular formula is C29H41N5O8SSi. The lowest BCUT2D eigenvalue weighted by atomic mass is 10.0. The molecule has 240 valence electrons. The molecule has 1 fully saturated rings. The fourth-order valence-electron chi connectivity index (χ4n) is 5.18. The van der Waals surface area contributed by atoms with Gasteiger partial charge in [0.25, 0.3) is 0 Å². The highest BCUT2D eigenvalue weighted by molar-refractivity contribution is 7.93. The van der Waals surface area contributed by atoms with Gasteiger partial charge in [-0.1, -0.05) is 25.7 Å². The minimum absolute atomic E-state index is 0.0123. The third kappa shape index (κ3) is 6.77. The van der Waals surface area contributed by atoms with Crippen molar-refractivity contribution >= 4 is 35.9 Å². The first-order chi connectivity index (χ1) is 20.7. The number of hydrogen-bond donors (Lipinski definition) is 1. The standard InChI is InChI=1S/C29H41N5O8SSi/c1-19-14-15-24(42-19)27-30-31-29(34(27)26-22(40-3)11-9-12-23(26)41-4)33(16-17-44(5,6)7)43(38,39)20(2)18-32-21(28(36)37)10-8-13-25(32)35/h9,11-12,14-15,20-21H,8,10,13,16-18H2,1-7H3,(H,36,37). The lowest BCUT2D eigenvalue weighted by Crippen LogP contribution is -2.53. The van der Waals surface area contributed by atoms with Gasteiger partial charge in [0.15, 0.2) is 5.76 Å². The summed E-state index contributed by atoms with van der Waals surface area (Å²) < 4.78 is 49.1. The predicted molar refractivity (Wildman–Crippen MR) is 168 cm³/mol. The topological polar surface area (TPSA) is 157 Å². The Labute approximate surface area is 258 Å². The number of furan rings is 1. The zero-order valence-electron chi connectivity index (χ0n) is 26.2. The van der Waals surface area contributed by atoms with Gasteiger partial charge >= 0.3 is 5.97 Å². The molecule has 2 unspecified atom stereocenters. The second-order valence-electron chi connectivity index (χ2n) is 12.1. The summed E-state index contributed by atoms with van der Waals surface area (Å²) in [5, 5.41) is 17.4. The number of aliphatic carboxylic acids is 1. The largest absolute Gasteiger partial charge is 0.494 e. The van der Waals surface area contributed by atoms with Gasteiger partial charge in [-0.25, -0.2) is 17.5 Å². The van der Waals surface area contributed by atoms with Crippen molar-refractivity contribution < 1.29 is 37.0 Å². The molecule has 3 heterocycles. The summed E-state index contributed by atoms with van der Waals surface area (Å²) >= 11 is 0. The molecule has 3 aromatic rings. The van der Waals surface area contributed by atoms with Crippen LogP contribution in [0.5, 0.6) is 11.5 Å². The van der Waals surface area contributed by atoms with Crippen molar-refractivity contribution in [3.05, 3.63) is 36.1 Å². The highest BCUT2D eigenvalue weighted by Gasteiger charge is 2.40. The maximum Gasteiger partial charge on any atom is 0.326 e. The van der Waals surface area contributed by atoms with Gasteiger partial charge in [0, 0.05) is 27.6 Å². The number of benzene rings is 1. The molecule has 0 saturated carbocycles. The van der Waals surface area contributed by atoms with Gasteiger partial charge in [-0.3, -0.25) is 9.36 Å². The van der Waals surface area contributed by atoms with Crippen molar-refractivity contribution in [3.8, 4) is 28.8 Å². The lowest BCUT2D eigenvalue weighted by molar-refractivity contribution is -0.153. The molecule has 0 radical (unpaired) electrons. The Kier molecular flexibility index (Phi) is 9.78. The Morgan fingerprint density at radius 1 is 1.16 bits per heavy atom. The zero-order chi connectivity index (χ0) is 32.4. The van der Waals surface area contributed by atoms with Crippen molar-refractivity contribution in [3.63, 3.8) is 0 Å². The number of carboxylic acid groups (broad SMARTS) is 1. The average Bonchev–Trinajstić information content (AvgIpc) is 3.58. The average molecular weight is 648 g/mol. The van der Waals surface area contributed by atoms with Gasteiger partial charge in [0.05, 0.1) is 19.5 Å². The fourth-order valence-corrected chi connectivity index (χ4v) is 7.71. The zero-order valence-corrected chi connectivity index (χ0v) is 28.0. The maximum absolute atomic E-state index is 14.5. The number of hydrogen-bond acceptors (Lipinski definition) is 9. The second-order valence-corrected chi connectivity index (χ2v) is 20.0. The van der Waals surface area contributed by atoms with Crippen LogP contribution in [-0.4, -0.2) is 91.7 Å². The summed E-state index contributed by atoms with van der Waals surface area (Å²) in [5.41, 5.74) is 0.375. The molecule has 0 aliphatic carbocycles. The van der Waals surface area contributed by atoms with Crippen LogP contribution in [0.1, 0.15) is 31.9 Å². The number of nitrogens with zero attached hydrogens (tertiary/aromatic N) is 5. The number of amides is 1. The van der Waals surface area contributed by atoms with E-state index >= 15 is 0 Å². The van der Waals surface area contributed by atoms with Crippen LogP contribution in [0.4, 0.5) is 5.95 Å². The van der Waals surface area contributed by atoms with Gasteiger partial charge in [-0.05, 0) is 57.0 Å². The van der Waals surface area contributed by atoms with E-state index in [-0.39, 0.29) is 43.6 Å². The minimum atomic E-state index is -4.25. The van der Waals surface area contributed by atoms with Crippen molar-refractivity contribution in [2.45, 2.75) is 70.1 Å². The summed E-state index contributed by atoms with van der Waals surface area (Å²) in [6, 6.07) is 8.18. The molecule has 44 heavy (non-hydrogen) atoms. The first-order valence-electron chi connectivity index (χ1n) is 14.5. The van der Waals surface area contributed by atoms with Gasteiger partial charge in [-0.2, -0.15) is 0 Å². The van der Waals surface area contributed by atoms with E-state index in [1.54, 1.807) is 41.8 Å². The van der Waals surface area contributed by atoms with Crippen molar-refractivity contribution in [1.29, 1.82) is 0 Å². The van der Waals surface area contributed by atoms with Crippen LogP contribution in [-0.2, 0) is 19.6 Å². The molecule has 4 rings (SSSR count). The van der Waals surface area contributed by atoms with E-state index < -0.39 is 35.4 Å². The first kappa shape index (κ1) is 33.0. The Hall–Kier alpha value is -3.85. The quantitative estimate of drug-likeness (QED) is 0.267. The van der Waals surface area contributed by atoms with Crippen LogP contribution < -0.4 is 13.8 Å². The number of rotatable bonds is 13. The highest BCUT2D eigenvalue weighted by Crippen LogP contribution is 2.40. The third-order valence-electron chi connectivity index (χ3n) is 7.64. The van der Waals surface area contributed by atoms with Gasteiger partial charge in [0.1, 0.15) is 29.0 Å². The van der Waals surface area contributed by atoms with Crippen LogP contribution in [0.2, 0.25) is 25.7 Å². The van der Waals surface area contributed by atoms with Crippen LogP contribution in [0.25, 0.3) is 17.3 Å². The van der Waals surface area contributed by atoms with Gasteiger partial charge in [0.2, 0.25) is 27.7 Å². The molecule has 2 atom stereocenters. The molecule has 13 nitrogen and oxygen atoms in total. The molecule has 1 saturated heterocycles. The molecule has 1 aromatic carbocycles. The van der Waals surface area contributed by atoms with Gasteiger partial charge in [-0.15, -0.1) is 10.2 Å². The molecule has 1 aliphatic rings. The Morgan fingerprint density at radius 2 is 1.82 bits per heavy atom. The Bertz CT molecular complexity index is 1590. The molecule has 1 N–H and O–H groups in total. The molecule has 1 amide bonds. The number of piperidine rings is 1. The van der Waals surface area contributed by atoms with E-state index in [2.05, 4.69) is 29.8 Å². The number of aromatic nitrogens is 3. The van der Waals surface area contributed by atoms with Crippen LogP contribution in [0, 0.1) is 6.92 Å². The predicted octanol–water partition coefficient (Wildman–Crippen LogP) is 4.18. The molecule has 0 spiro atoms. The van der Waals surface area contributed by atoms with Crippen molar-refractivity contribution in [1.82, 2.24) is 19.7 Å². The van der Waals surface area contributed by atoms with Crippen molar-refractivity contribution in [2.24, 2.45) is 0 Å². The number of likely N-dealkylation sites (tertiary alicyclic amines) is 1. The smallest absolute Gasteiger partial charge is 0.326 e. The van der Waals surface area contributed by atoms with Crippen LogP contribution in [0.15, 0.2) is 34.7 Å². The summed E-state index contributed by atoms with van der Waals surface area (Å²) in [6.45, 7) is 9.48. The normalized spacial score (nSPS) is 16.6. The van der Waals surface area contributed by atoms with E-state index in [0.717, 1.165) is 0 Å².